The number of hydrogen-bond donors (Lipinski definition) is 2. The Kier molecular flexibility index (Phi) is 7.14. The summed E-state index contributed by atoms with van der Waals surface area (Å²) in [5.41, 5.74) is 1.31. The molecule has 0 aliphatic carbocycles. The molecular weight excluding hydrogens is 374 g/mol. The lowest BCUT2D eigenvalue weighted by molar-refractivity contribution is -0.120. The predicted octanol–water partition coefficient (Wildman–Crippen LogP) is 2.81. The minimum Gasteiger partial charge on any atom is -0.486 e. The van der Waals surface area contributed by atoms with E-state index in [-0.39, 0.29) is 18.2 Å². The van der Waals surface area contributed by atoms with Gasteiger partial charge in [-0.3, -0.25) is 9.59 Å². The van der Waals surface area contributed by atoms with E-state index in [0.29, 0.717) is 31.0 Å². The second-order valence-corrected chi connectivity index (χ2v) is 6.93. The number of thiazole rings is 1. The van der Waals surface area contributed by atoms with Crippen LogP contribution in [0.25, 0.3) is 0 Å². The molecule has 1 aromatic heterocycles. The third kappa shape index (κ3) is 6.21. The lowest BCUT2D eigenvalue weighted by Crippen LogP contribution is -2.35. The van der Waals surface area contributed by atoms with Crippen LogP contribution < -0.4 is 15.4 Å². The molecule has 1 heterocycles. The number of rotatable bonds is 9. The third-order valence-corrected chi connectivity index (χ3v) is 4.69. The average Bonchev–Trinajstić information content (AvgIpc) is 3.18. The molecule has 0 spiro atoms. The number of carbonyl (C=O) groups is 2. The molecule has 0 radical (unpaired) electrons. The summed E-state index contributed by atoms with van der Waals surface area (Å²) < 4.78 is 5.66. The van der Waals surface area contributed by atoms with Crippen LogP contribution in [0, 0.1) is 0 Å². The highest BCUT2D eigenvalue weighted by Gasteiger charge is 2.09. The Hall–Kier alpha value is -3.19. The number of benzene rings is 2. The lowest BCUT2D eigenvalue weighted by Gasteiger charge is -2.06. The predicted molar refractivity (Wildman–Crippen MR) is 108 cm³/mol. The van der Waals surface area contributed by atoms with Crippen LogP contribution in [0.4, 0.5) is 0 Å². The summed E-state index contributed by atoms with van der Waals surface area (Å²) in [5, 5.41) is 8.24. The van der Waals surface area contributed by atoms with E-state index in [0.717, 1.165) is 10.8 Å². The minimum absolute atomic E-state index is 0.130. The summed E-state index contributed by atoms with van der Waals surface area (Å²) >= 11 is 1.47. The van der Waals surface area contributed by atoms with Crippen molar-refractivity contribution in [1.82, 2.24) is 15.6 Å². The van der Waals surface area contributed by atoms with Crippen LogP contribution in [0.2, 0.25) is 0 Å². The molecule has 28 heavy (non-hydrogen) atoms. The SMILES string of the molecule is O=C(Cc1csc(COc2ccccc2)n1)NCCNC(=O)c1ccccc1. The van der Waals surface area contributed by atoms with Gasteiger partial charge in [-0.1, -0.05) is 36.4 Å². The first-order chi connectivity index (χ1) is 13.7. The van der Waals surface area contributed by atoms with E-state index in [1.54, 1.807) is 12.1 Å². The Balaban J connectivity index is 1.35. The largest absolute Gasteiger partial charge is 0.486 e. The van der Waals surface area contributed by atoms with Gasteiger partial charge >= 0.3 is 0 Å². The van der Waals surface area contributed by atoms with E-state index >= 15 is 0 Å². The van der Waals surface area contributed by atoms with Gasteiger partial charge in [-0.05, 0) is 24.3 Å². The Morgan fingerprint density at radius 3 is 2.36 bits per heavy atom. The molecule has 144 valence electrons. The fraction of sp³-hybridized carbons (Fsp3) is 0.190. The minimum atomic E-state index is -0.155. The molecular formula is C21H21N3O3S. The number of aromatic nitrogens is 1. The van der Waals surface area contributed by atoms with E-state index in [1.165, 1.54) is 11.3 Å². The standard InChI is InChI=1S/C21H21N3O3S/c25-19(22-11-12-23-21(26)16-7-3-1-4-8-16)13-17-15-28-20(24-17)14-27-18-9-5-2-6-10-18/h1-10,15H,11-14H2,(H,22,25)(H,23,26). The molecule has 0 saturated carbocycles. The zero-order valence-corrected chi connectivity index (χ0v) is 16.1. The van der Waals surface area contributed by atoms with Crippen LogP contribution in [0.15, 0.2) is 66.0 Å². The molecule has 0 aliphatic rings. The van der Waals surface area contributed by atoms with Gasteiger partial charge in [0.1, 0.15) is 17.4 Å². The third-order valence-electron chi connectivity index (χ3n) is 3.82. The van der Waals surface area contributed by atoms with Crippen molar-refractivity contribution < 1.29 is 14.3 Å². The molecule has 3 rings (SSSR count). The average molecular weight is 395 g/mol. The number of nitrogens with zero attached hydrogens (tertiary/aromatic N) is 1. The fourth-order valence-electron chi connectivity index (χ4n) is 2.45. The Morgan fingerprint density at radius 1 is 0.929 bits per heavy atom. The van der Waals surface area contributed by atoms with Gasteiger partial charge in [0, 0.05) is 24.0 Å². The van der Waals surface area contributed by atoms with E-state index in [2.05, 4.69) is 15.6 Å². The highest BCUT2D eigenvalue weighted by molar-refractivity contribution is 7.09. The van der Waals surface area contributed by atoms with Crippen molar-refractivity contribution in [2.45, 2.75) is 13.0 Å². The first-order valence-corrected chi connectivity index (χ1v) is 9.80. The quantitative estimate of drug-likeness (QED) is 0.546. The smallest absolute Gasteiger partial charge is 0.251 e. The summed E-state index contributed by atoms with van der Waals surface area (Å²) in [6, 6.07) is 18.5. The molecule has 0 atom stereocenters. The lowest BCUT2D eigenvalue weighted by atomic mass is 10.2. The second kappa shape index (κ2) is 10.2. The van der Waals surface area contributed by atoms with Crippen LogP contribution in [-0.4, -0.2) is 29.9 Å². The van der Waals surface area contributed by atoms with Gasteiger partial charge in [0.05, 0.1) is 12.1 Å². The maximum atomic E-state index is 12.0. The van der Waals surface area contributed by atoms with Crippen molar-refractivity contribution in [2.24, 2.45) is 0 Å². The summed E-state index contributed by atoms with van der Waals surface area (Å²) in [7, 11) is 0. The van der Waals surface area contributed by atoms with E-state index in [1.807, 2.05) is 53.9 Å². The van der Waals surface area contributed by atoms with E-state index < -0.39 is 0 Å². The molecule has 0 fully saturated rings. The summed E-state index contributed by atoms with van der Waals surface area (Å²) in [4.78, 5) is 28.4. The summed E-state index contributed by atoms with van der Waals surface area (Å²) in [6.07, 6.45) is 0.203. The first kappa shape index (κ1) is 19.6. The van der Waals surface area contributed by atoms with Gasteiger partial charge in [-0.25, -0.2) is 4.98 Å². The molecule has 7 heteroatoms. The van der Waals surface area contributed by atoms with Crippen molar-refractivity contribution >= 4 is 23.2 Å². The topological polar surface area (TPSA) is 80.3 Å². The van der Waals surface area contributed by atoms with Crippen molar-refractivity contribution in [2.75, 3.05) is 13.1 Å². The Bertz CT molecular complexity index is 898. The van der Waals surface area contributed by atoms with Crippen LogP contribution in [0.1, 0.15) is 21.1 Å². The van der Waals surface area contributed by atoms with Gasteiger partial charge in [0.25, 0.3) is 5.91 Å². The molecule has 2 amide bonds. The van der Waals surface area contributed by atoms with Crippen molar-refractivity contribution in [3.63, 3.8) is 0 Å². The molecule has 6 nitrogen and oxygen atoms in total. The number of carbonyl (C=O) groups excluding carboxylic acids is 2. The molecule has 0 unspecified atom stereocenters. The van der Waals surface area contributed by atoms with Crippen molar-refractivity contribution in [3.8, 4) is 5.75 Å². The van der Waals surface area contributed by atoms with Crippen LogP contribution >= 0.6 is 11.3 Å². The van der Waals surface area contributed by atoms with Crippen LogP contribution in [0.3, 0.4) is 0 Å². The summed E-state index contributed by atoms with van der Waals surface area (Å²) in [6.45, 7) is 1.11. The zero-order chi connectivity index (χ0) is 19.6. The number of amides is 2. The van der Waals surface area contributed by atoms with E-state index in [4.69, 9.17) is 4.74 Å². The number of ether oxygens (including phenoxy) is 1. The highest BCUT2D eigenvalue weighted by atomic mass is 32.1. The molecule has 3 aromatic rings. The van der Waals surface area contributed by atoms with Gasteiger partial charge in [0.15, 0.2) is 0 Å². The first-order valence-electron chi connectivity index (χ1n) is 8.92. The maximum absolute atomic E-state index is 12.0. The maximum Gasteiger partial charge on any atom is 0.251 e. The number of hydrogen-bond acceptors (Lipinski definition) is 5. The second-order valence-electron chi connectivity index (χ2n) is 5.98. The van der Waals surface area contributed by atoms with Crippen LogP contribution in [0.5, 0.6) is 5.75 Å². The molecule has 0 saturated heterocycles. The van der Waals surface area contributed by atoms with Gasteiger partial charge in [-0.15, -0.1) is 11.3 Å². The van der Waals surface area contributed by atoms with Crippen molar-refractivity contribution in [3.05, 3.63) is 82.3 Å². The normalized spacial score (nSPS) is 10.3. The highest BCUT2D eigenvalue weighted by Crippen LogP contribution is 2.15. The van der Waals surface area contributed by atoms with Crippen LogP contribution in [-0.2, 0) is 17.8 Å². The fourth-order valence-corrected chi connectivity index (χ4v) is 3.16. The summed E-state index contributed by atoms with van der Waals surface area (Å²) in [5.74, 6) is 0.502. The molecule has 2 N–H and O–H groups in total. The van der Waals surface area contributed by atoms with Gasteiger partial charge < -0.3 is 15.4 Å². The van der Waals surface area contributed by atoms with Crippen molar-refractivity contribution in [1.29, 1.82) is 0 Å². The molecule has 0 bridgehead atoms. The zero-order valence-electron chi connectivity index (χ0n) is 15.3. The molecule has 0 aliphatic heterocycles. The Labute approximate surface area is 167 Å². The molecule has 2 aromatic carbocycles. The Morgan fingerprint density at radius 2 is 1.61 bits per heavy atom. The van der Waals surface area contributed by atoms with Gasteiger partial charge in [-0.2, -0.15) is 0 Å². The van der Waals surface area contributed by atoms with Gasteiger partial charge in [0.2, 0.25) is 5.91 Å². The number of para-hydroxylation sites is 1. The van der Waals surface area contributed by atoms with E-state index in [9.17, 15) is 9.59 Å². The number of nitrogens with one attached hydrogen (secondary N) is 2. The monoisotopic (exact) mass is 395 g/mol.